The number of hydrogen-bond acceptors (Lipinski definition) is 5. The highest BCUT2D eigenvalue weighted by molar-refractivity contribution is 7.16. The third-order valence-electron chi connectivity index (χ3n) is 3.72. The second-order valence-corrected chi connectivity index (χ2v) is 6.10. The third kappa shape index (κ3) is 3.39. The van der Waals surface area contributed by atoms with E-state index in [2.05, 4.69) is 10.3 Å². The van der Waals surface area contributed by atoms with Crippen LogP contribution in [0.5, 0.6) is 0 Å². The number of amides is 1. The number of aliphatic hydroxyl groups is 1. The van der Waals surface area contributed by atoms with Crippen LogP contribution in [0.4, 0.5) is 5.69 Å². The van der Waals surface area contributed by atoms with Gasteiger partial charge in [-0.15, -0.1) is 11.3 Å². The molecule has 0 aliphatic carbocycles. The number of anilines is 1. The zero-order valence-electron chi connectivity index (χ0n) is 12.4. The average molecular weight is 327 g/mol. The summed E-state index contributed by atoms with van der Waals surface area (Å²) in [5.74, 6) is -0.576. The molecule has 5 nitrogen and oxygen atoms in total. The zero-order valence-corrected chi connectivity index (χ0v) is 13.2. The number of hydrogen-bond donors (Lipinski definition) is 3. The van der Waals surface area contributed by atoms with Crippen LogP contribution < -0.4 is 11.1 Å². The first kappa shape index (κ1) is 15.6. The average Bonchev–Trinajstić information content (AvgIpc) is 3.04. The van der Waals surface area contributed by atoms with E-state index in [1.165, 1.54) is 11.3 Å². The van der Waals surface area contributed by atoms with Crippen LogP contribution in [0.15, 0.2) is 48.0 Å². The molecule has 3 aromatic rings. The van der Waals surface area contributed by atoms with Crippen LogP contribution in [0.25, 0.3) is 10.2 Å². The Morgan fingerprint density at radius 3 is 2.74 bits per heavy atom. The van der Waals surface area contributed by atoms with E-state index in [4.69, 9.17) is 10.8 Å². The monoisotopic (exact) mass is 327 g/mol. The quantitative estimate of drug-likeness (QED) is 0.672. The van der Waals surface area contributed by atoms with E-state index in [0.29, 0.717) is 0 Å². The van der Waals surface area contributed by atoms with Crippen molar-refractivity contribution < 1.29 is 9.90 Å². The highest BCUT2D eigenvalue weighted by Crippen LogP contribution is 2.23. The van der Waals surface area contributed by atoms with Gasteiger partial charge in [0.1, 0.15) is 0 Å². The summed E-state index contributed by atoms with van der Waals surface area (Å²) in [7, 11) is 0. The zero-order chi connectivity index (χ0) is 16.2. The minimum atomic E-state index is -0.431. The number of nitrogens with zero attached hydrogens (tertiary/aromatic N) is 1. The standard InChI is InChI=1S/C17H17N3O2S/c18-8-14(12-3-1-11(9-21)2-4-12)17(22)20-13-5-6-15-16(7-13)23-10-19-15/h1-7,10,14,21H,8-9,18H2,(H,20,22)/t14-/m1/s1. The first-order valence-electron chi connectivity index (χ1n) is 7.25. The fourth-order valence-corrected chi connectivity index (χ4v) is 3.13. The second-order valence-electron chi connectivity index (χ2n) is 5.21. The fraction of sp³-hybridized carbons (Fsp3) is 0.176. The molecule has 0 saturated carbocycles. The number of nitrogens with one attached hydrogen (secondary N) is 1. The molecular formula is C17H17N3O2S. The first-order valence-corrected chi connectivity index (χ1v) is 8.13. The van der Waals surface area contributed by atoms with Crippen molar-refractivity contribution in [2.45, 2.75) is 12.5 Å². The van der Waals surface area contributed by atoms with Crippen LogP contribution in [-0.4, -0.2) is 22.5 Å². The van der Waals surface area contributed by atoms with Crippen molar-refractivity contribution in [3.63, 3.8) is 0 Å². The Labute approximate surface area is 137 Å². The number of aliphatic hydroxyl groups excluding tert-OH is 1. The molecule has 6 heteroatoms. The lowest BCUT2D eigenvalue weighted by molar-refractivity contribution is -0.117. The summed E-state index contributed by atoms with van der Waals surface area (Å²) in [5, 5.41) is 12.0. The Morgan fingerprint density at radius 2 is 2.04 bits per heavy atom. The maximum atomic E-state index is 12.5. The Morgan fingerprint density at radius 1 is 1.26 bits per heavy atom. The number of nitrogens with two attached hydrogens (primary N) is 1. The summed E-state index contributed by atoms with van der Waals surface area (Å²) in [6, 6.07) is 12.9. The largest absolute Gasteiger partial charge is 0.392 e. The first-order chi connectivity index (χ1) is 11.2. The van der Waals surface area contributed by atoms with Gasteiger partial charge >= 0.3 is 0 Å². The molecule has 0 spiro atoms. The minimum absolute atomic E-state index is 0.0192. The van der Waals surface area contributed by atoms with Crippen molar-refractivity contribution in [3.8, 4) is 0 Å². The molecule has 0 radical (unpaired) electrons. The smallest absolute Gasteiger partial charge is 0.233 e. The van der Waals surface area contributed by atoms with Gasteiger partial charge in [-0.1, -0.05) is 24.3 Å². The van der Waals surface area contributed by atoms with E-state index < -0.39 is 5.92 Å². The van der Waals surface area contributed by atoms with Gasteiger partial charge in [-0.3, -0.25) is 4.79 Å². The van der Waals surface area contributed by atoms with Gasteiger partial charge in [0, 0.05) is 12.2 Å². The number of carbonyl (C=O) groups is 1. The van der Waals surface area contributed by atoms with Crippen LogP contribution in [-0.2, 0) is 11.4 Å². The summed E-state index contributed by atoms with van der Waals surface area (Å²) in [5.41, 5.74) is 10.9. The molecule has 4 N–H and O–H groups in total. The van der Waals surface area contributed by atoms with Gasteiger partial charge in [0.25, 0.3) is 0 Å². The Bertz CT molecular complexity index is 814. The summed E-state index contributed by atoms with van der Waals surface area (Å²) in [6.07, 6.45) is 0. The summed E-state index contributed by atoms with van der Waals surface area (Å²) < 4.78 is 1.03. The molecule has 0 unspecified atom stereocenters. The molecule has 1 heterocycles. The lowest BCUT2D eigenvalue weighted by Gasteiger charge is -2.15. The molecule has 1 atom stereocenters. The highest BCUT2D eigenvalue weighted by atomic mass is 32.1. The maximum Gasteiger partial charge on any atom is 0.233 e. The van der Waals surface area contributed by atoms with Crippen molar-refractivity contribution in [1.82, 2.24) is 4.98 Å². The molecule has 118 valence electrons. The predicted molar refractivity (Wildman–Crippen MR) is 92.4 cm³/mol. The van der Waals surface area contributed by atoms with E-state index in [1.807, 2.05) is 30.3 Å². The predicted octanol–water partition coefficient (Wildman–Crippen LogP) is 2.47. The van der Waals surface area contributed by atoms with E-state index in [-0.39, 0.29) is 19.1 Å². The van der Waals surface area contributed by atoms with Gasteiger partial charge in [-0.05, 0) is 29.3 Å². The molecule has 23 heavy (non-hydrogen) atoms. The fourth-order valence-electron chi connectivity index (χ4n) is 2.41. The van der Waals surface area contributed by atoms with Crippen molar-refractivity contribution in [3.05, 3.63) is 59.1 Å². The SMILES string of the molecule is NC[C@@H](C(=O)Nc1ccc2ncsc2c1)c1ccc(CO)cc1. The van der Waals surface area contributed by atoms with Gasteiger partial charge in [0.05, 0.1) is 28.3 Å². The third-order valence-corrected chi connectivity index (χ3v) is 4.51. The van der Waals surface area contributed by atoms with Gasteiger partial charge in [-0.25, -0.2) is 4.98 Å². The molecule has 0 aliphatic heterocycles. The Hall–Kier alpha value is -2.28. The highest BCUT2D eigenvalue weighted by Gasteiger charge is 2.19. The number of aromatic nitrogens is 1. The number of benzene rings is 2. The molecule has 3 rings (SSSR count). The summed E-state index contributed by atoms with van der Waals surface area (Å²) in [6.45, 7) is 0.196. The van der Waals surface area contributed by atoms with E-state index in [0.717, 1.165) is 27.0 Å². The minimum Gasteiger partial charge on any atom is -0.392 e. The number of thiazole rings is 1. The van der Waals surface area contributed by atoms with E-state index in [1.54, 1.807) is 17.6 Å². The van der Waals surface area contributed by atoms with Crippen molar-refractivity contribution >= 4 is 33.1 Å². The van der Waals surface area contributed by atoms with Gasteiger partial charge in [0.2, 0.25) is 5.91 Å². The topological polar surface area (TPSA) is 88.2 Å². The number of carbonyl (C=O) groups excluding carboxylic acids is 1. The summed E-state index contributed by atoms with van der Waals surface area (Å²) in [4.78, 5) is 16.7. The normalized spacial score (nSPS) is 12.3. The van der Waals surface area contributed by atoms with Gasteiger partial charge in [0.15, 0.2) is 0 Å². The van der Waals surface area contributed by atoms with Crippen molar-refractivity contribution in [2.24, 2.45) is 5.73 Å². The molecule has 1 amide bonds. The maximum absolute atomic E-state index is 12.5. The molecule has 0 fully saturated rings. The van der Waals surface area contributed by atoms with Crippen LogP contribution >= 0.6 is 11.3 Å². The number of rotatable bonds is 5. The second kappa shape index (κ2) is 6.87. The number of fused-ring (bicyclic) bond motifs is 1. The lowest BCUT2D eigenvalue weighted by atomic mass is 9.97. The lowest BCUT2D eigenvalue weighted by Crippen LogP contribution is -2.27. The van der Waals surface area contributed by atoms with Crippen LogP contribution in [0.1, 0.15) is 17.0 Å². The van der Waals surface area contributed by atoms with Crippen LogP contribution in [0, 0.1) is 0 Å². The molecular weight excluding hydrogens is 310 g/mol. The van der Waals surface area contributed by atoms with E-state index in [9.17, 15) is 4.79 Å². The van der Waals surface area contributed by atoms with Gasteiger partial charge < -0.3 is 16.2 Å². The van der Waals surface area contributed by atoms with Gasteiger partial charge in [-0.2, -0.15) is 0 Å². The molecule has 0 bridgehead atoms. The molecule has 2 aromatic carbocycles. The van der Waals surface area contributed by atoms with Crippen LogP contribution in [0.2, 0.25) is 0 Å². The summed E-state index contributed by atoms with van der Waals surface area (Å²) >= 11 is 1.53. The van der Waals surface area contributed by atoms with Crippen molar-refractivity contribution in [2.75, 3.05) is 11.9 Å². The Kier molecular flexibility index (Phi) is 4.66. The van der Waals surface area contributed by atoms with Crippen LogP contribution in [0.3, 0.4) is 0 Å². The molecule has 0 saturated heterocycles. The molecule has 0 aliphatic rings. The van der Waals surface area contributed by atoms with Crippen molar-refractivity contribution in [1.29, 1.82) is 0 Å². The van der Waals surface area contributed by atoms with E-state index >= 15 is 0 Å². The molecule has 1 aromatic heterocycles. The Balaban J connectivity index is 1.78.